The molecule has 1 aromatic carbocycles. The molecule has 2 atom stereocenters. The van der Waals surface area contributed by atoms with E-state index in [0.717, 1.165) is 38.2 Å². The van der Waals surface area contributed by atoms with Crippen molar-refractivity contribution in [3.63, 3.8) is 0 Å². The molecular weight excluding hydrogens is 280 g/mol. The van der Waals surface area contributed by atoms with E-state index in [9.17, 15) is 0 Å². The van der Waals surface area contributed by atoms with Gasteiger partial charge in [-0.15, -0.1) is 0 Å². The molecule has 0 radical (unpaired) electrons. The first kappa shape index (κ1) is 11.5. The molecule has 2 heterocycles. The van der Waals surface area contributed by atoms with Crippen molar-refractivity contribution in [3.05, 3.63) is 29.3 Å². The molecule has 17 heavy (non-hydrogen) atoms. The lowest BCUT2D eigenvalue weighted by Crippen LogP contribution is -2.14. The normalized spacial score (nSPS) is 25.1. The molecule has 0 bridgehead atoms. The van der Waals surface area contributed by atoms with Crippen molar-refractivity contribution in [2.24, 2.45) is 0 Å². The Morgan fingerprint density at radius 2 is 2.18 bits per heavy atom. The average molecular weight is 297 g/mol. The van der Waals surface area contributed by atoms with E-state index in [1.165, 1.54) is 17.5 Å². The fourth-order valence-corrected chi connectivity index (χ4v) is 3.30. The summed E-state index contributed by atoms with van der Waals surface area (Å²) in [5.74, 6) is 1.06. The summed E-state index contributed by atoms with van der Waals surface area (Å²) in [5.41, 5.74) is 2.66. The molecule has 0 spiro atoms. The Balaban J connectivity index is 1.82. The highest BCUT2D eigenvalue weighted by atomic mass is 79.9. The molecule has 1 aromatic rings. The molecular formula is C14H17BrO2. The third-order valence-electron chi connectivity index (χ3n) is 3.54. The number of hydrogen-bond donors (Lipinski definition) is 0. The van der Waals surface area contributed by atoms with Crippen molar-refractivity contribution in [1.29, 1.82) is 0 Å². The fraction of sp³-hybridized carbons (Fsp3) is 0.571. The van der Waals surface area contributed by atoms with Gasteiger partial charge in [0.05, 0.1) is 17.5 Å². The number of ether oxygens (including phenoxy) is 2. The lowest BCUT2D eigenvalue weighted by atomic mass is 9.99. The van der Waals surface area contributed by atoms with Crippen LogP contribution in [-0.4, -0.2) is 19.3 Å². The van der Waals surface area contributed by atoms with E-state index in [0.29, 0.717) is 10.9 Å². The fourth-order valence-electron chi connectivity index (χ4n) is 2.60. The van der Waals surface area contributed by atoms with Gasteiger partial charge in [0.15, 0.2) is 0 Å². The summed E-state index contributed by atoms with van der Waals surface area (Å²) >= 11 is 3.77. The van der Waals surface area contributed by atoms with E-state index in [1.807, 2.05) is 0 Å². The van der Waals surface area contributed by atoms with Crippen LogP contribution in [0.4, 0.5) is 0 Å². The number of hydrogen-bond acceptors (Lipinski definition) is 2. The van der Waals surface area contributed by atoms with Crippen molar-refractivity contribution >= 4 is 15.9 Å². The minimum Gasteiger partial charge on any atom is -0.493 e. The Morgan fingerprint density at radius 1 is 1.24 bits per heavy atom. The molecule has 1 fully saturated rings. The van der Waals surface area contributed by atoms with E-state index < -0.39 is 0 Å². The Labute approximate surface area is 110 Å². The second kappa shape index (κ2) is 4.99. The number of aryl methyl sites for hydroxylation is 1. The minimum absolute atomic E-state index is 0.317. The molecule has 2 aliphatic heterocycles. The molecule has 0 aliphatic carbocycles. The standard InChI is InChI=1S/C14H17BrO2/c15-14(13-4-2-8-17-13)11-5-6-12-10(9-11)3-1-7-16-12/h5-6,9,13-14H,1-4,7-8H2. The van der Waals surface area contributed by atoms with E-state index in [4.69, 9.17) is 9.47 Å². The second-order valence-corrected chi connectivity index (χ2v) is 5.76. The van der Waals surface area contributed by atoms with Gasteiger partial charge in [0.25, 0.3) is 0 Å². The highest BCUT2D eigenvalue weighted by molar-refractivity contribution is 9.09. The Morgan fingerprint density at radius 3 is 3.00 bits per heavy atom. The first-order valence-corrected chi connectivity index (χ1v) is 7.27. The summed E-state index contributed by atoms with van der Waals surface area (Å²) in [6, 6.07) is 6.54. The second-order valence-electron chi connectivity index (χ2n) is 4.77. The van der Waals surface area contributed by atoms with Crippen LogP contribution in [0.25, 0.3) is 0 Å². The third kappa shape index (κ3) is 2.36. The van der Waals surface area contributed by atoms with Gasteiger partial charge in [0, 0.05) is 6.61 Å². The maximum atomic E-state index is 5.74. The Bertz CT molecular complexity index is 399. The zero-order valence-corrected chi connectivity index (χ0v) is 11.4. The van der Waals surface area contributed by atoms with Crippen molar-refractivity contribution in [3.8, 4) is 5.75 Å². The van der Waals surface area contributed by atoms with Crippen molar-refractivity contribution in [2.75, 3.05) is 13.2 Å². The van der Waals surface area contributed by atoms with Gasteiger partial charge < -0.3 is 9.47 Å². The predicted molar refractivity (Wildman–Crippen MR) is 70.9 cm³/mol. The molecule has 0 N–H and O–H groups in total. The maximum absolute atomic E-state index is 5.74. The van der Waals surface area contributed by atoms with Crippen LogP contribution >= 0.6 is 15.9 Å². The summed E-state index contributed by atoms with van der Waals surface area (Å²) in [5, 5.41) is 0. The number of alkyl halides is 1. The summed E-state index contributed by atoms with van der Waals surface area (Å²) in [6.45, 7) is 1.76. The monoisotopic (exact) mass is 296 g/mol. The van der Waals surface area contributed by atoms with Crippen LogP contribution in [0.2, 0.25) is 0 Å². The first-order chi connectivity index (χ1) is 8.34. The van der Waals surface area contributed by atoms with Gasteiger partial charge in [-0.3, -0.25) is 0 Å². The zero-order chi connectivity index (χ0) is 11.7. The van der Waals surface area contributed by atoms with Crippen molar-refractivity contribution < 1.29 is 9.47 Å². The number of halogens is 1. The summed E-state index contributed by atoms with van der Waals surface area (Å²) in [6.07, 6.45) is 4.93. The predicted octanol–water partition coefficient (Wildman–Crippen LogP) is 3.63. The topological polar surface area (TPSA) is 18.5 Å². The molecule has 0 aromatic heterocycles. The van der Waals surface area contributed by atoms with Crippen LogP contribution in [0.3, 0.4) is 0 Å². The van der Waals surface area contributed by atoms with Crippen LogP contribution in [0.1, 0.15) is 35.2 Å². The van der Waals surface area contributed by atoms with Crippen LogP contribution < -0.4 is 4.74 Å². The van der Waals surface area contributed by atoms with E-state index in [2.05, 4.69) is 34.1 Å². The minimum atomic E-state index is 0.317. The lowest BCUT2D eigenvalue weighted by Gasteiger charge is -2.21. The Kier molecular flexibility index (Phi) is 3.39. The van der Waals surface area contributed by atoms with E-state index >= 15 is 0 Å². The molecule has 2 nitrogen and oxygen atoms in total. The maximum Gasteiger partial charge on any atom is 0.122 e. The molecule has 3 heteroatoms. The first-order valence-electron chi connectivity index (χ1n) is 6.36. The summed E-state index contributed by atoms with van der Waals surface area (Å²) < 4.78 is 11.4. The van der Waals surface area contributed by atoms with Gasteiger partial charge in [0.1, 0.15) is 5.75 Å². The third-order valence-corrected chi connectivity index (χ3v) is 4.66. The number of benzene rings is 1. The molecule has 92 valence electrons. The smallest absolute Gasteiger partial charge is 0.122 e. The Hall–Kier alpha value is -0.540. The molecule has 2 unspecified atom stereocenters. The highest BCUT2D eigenvalue weighted by Crippen LogP contribution is 2.36. The molecule has 3 rings (SSSR count). The molecule has 2 aliphatic rings. The SMILES string of the molecule is BrC(c1ccc2c(c1)CCCO2)C1CCCO1. The largest absolute Gasteiger partial charge is 0.493 e. The van der Waals surface area contributed by atoms with Gasteiger partial charge in [-0.25, -0.2) is 0 Å². The van der Waals surface area contributed by atoms with Gasteiger partial charge in [-0.1, -0.05) is 28.1 Å². The van der Waals surface area contributed by atoms with Gasteiger partial charge in [-0.05, 0) is 42.9 Å². The van der Waals surface area contributed by atoms with Crippen LogP contribution in [-0.2, 0) is 11.2 Å². The number of rotatable bonds is 2. The summed E-state index contributed by atoms with van der Waals surface area (Å²) in [7, 11) is 0. The zero-order valence-electron chi connectivity index (χ0n) is 9.82. The quantitative estimate of drug-likeness (QED) is 0.776. The van der Waals surface area contributed by atoms with Crippen LogP contribution in [0, 0.1) is 0 Å². The van der Waals surface area contributed by atoms with Gasteiger partial charge in [-0.2, -0.15) is 0 Å². The van der Waals surface area contributed by atoms with E-state index in [-0.39, 0.29) is 0 Å². The van der Waals surface area contributed by atoms with E-state index in [1.54, 1.807) is 0 Å². The molecule has 0 amide bonds. The van der Waals surface area contributed by atoms with Crippen LogP contribution in [0.5, 0.6) is 5.75 Å². The van der Waals surface area contributed by atoms with Crippen molar-refractivity contribution in [2.45, 2.75) is 36.6 Å². The molecule has 0 saturated carbocycles. The highest BCUT2D eigenvalue weighted by Gasteiger charge is 2.25. The van der Waals surface area contributed by atoms with Gasteiger partial charge in [0.2, 0.25) is 0 Å². The number of fused-ring (bicyclic) bond motifs is 1. The van der Waals surface area contributed by atoms with Crippen LogP contribution in [0.15, 0.2) is 18.2 Å². The summed E-state index contributed by atoms with van der Waals surface area (Å²) in [4.78, 5) is 0.317. The average Bonchev–Trinajstić information content (AvgIpc) is 2.91. The lowest BCUT2D eigenvalue weighted by molar-refractivity contribution is 0.110. The van der Waals surface area contributed by atoms with Crippen molar-refractivity contribution in [1.82, 2.24) is 0 Å². The van der Waals surface area contributed by atoms with Gasteiger partial charge >= 0.3 is 0 Å². The molecule has 1 saturated heterocycles.